The summed E-state index contributed by atoms with van der Waals surface area (Å²) in [6, 6.07) is 10.2. The Morgan fingerprint density at radius 3 is 2.44 bits per heavy atom. The van der Waals surface area contributed by atoms with Crippen LogP contribution in [0.25, 0.3) is 5.57 Å². The molecule has 16 heavy (non-hydrogen) atoms. The average molecular weight is 219 g/mol. The standard InChI is InChI=1S/C14H21NO/c1-11(2)14(10-16)15-9-12(3)13-7-5-4-6-8-13/h4-8,11,14-16H,3,9-10H2,1-2H3. The minimum atomic E-state index is 0.139. The van der Waals surface area contributed by atoms with Crippen LogP contribution in [0.4, 0.5) is 0 Å². The van der Waals surface area contributed by atoms with Crippen molar-refractivity contribution in [2.75, 3.05) is 13.2 Å². The van der Waals surface area contributed by atoms with Crippen molar-refractivity contribution in [1.82, 2.24) is 5.32 Å². The van der Waals surface area contributed by atoms with Crippen LogP contribution in [-0.2, 0) is 0 Å². The summed E-state index contributed by atoms with van der Waals surface area (Å²) in [5, 5.41) is 12.5. The SMILES string of the molecule is C=C(CNC(CO)C(C)C)c1ccccc1. The highest BCUT2D eigenvalue weighted by Gasteiger charge is 2.11. The number of aliphatic hydroxyl groups excluding tert-OH is 1. The van der Waals surface area contributed by atoms with Gasteiger partial charge >= 0.3 is 0 Å². The number of hydrogen-bond acceptors (Lipinski definition) is 2. The van der Waals surface area contributed by atoms with Crippen molar-refractivity contribution < 1.29 is 5.11 Å². The summed E-state index contributed by atoms with van der Waals surface area (Å²) < 4.78 is 0. The first-order valence-corrected chi connectivity index (χ1v) is 5.72. The maximum atomic E-state index is 9.19. The molecular weight excluding hydrogens is 198 g/mol. The quantitative estimate of drug-likeness (QED) is 0.769. The summed E-state index contributed by atoms with van der Waals surface area (Å²) in [5.41, 5.74) is 2.20. The number of rotatable bonds is 6. The molecule has 88 valence electrons. The maximum Gasteiger partial charge on any atom is 0.0587 e. The van der Waals surface area contributed by atoms with E-state index in [1.165, 1.54) is 0 Å². The summed E-state index contributed by atoms with van der Waals surface area (Å²) in [5.74, 6) is 0.425. The van der Waals surface area contributed by atoms with Crippen molar-refractivity contribution in [3.8, 4) is 0 Å². The summed E-state index contributed by atoms with van der Waals surface area (Å²) in [4.78, 5) is 0. The third-order valence-corrected chi connectivity index (χ3v) is 2.76. The third-order valence-electron chi connectivity index (χ3n) is 2.76. The minimum Gasteiger partial charge on any atom is -0.395 e. The first-order valence-electron chi connectivity index (χ1n) is 5.72. The van der Waals surface area contributed by atoms with E-state index < -0.39 is 0 Å². The highest BCUT2D eigenvalue weighted by Crippen LogP contribution is 2.11. The topological polar surface area (TPSA) is 32.3 Å². The Labute approximate surface area is 98.0 Å². The fourth-order valence-electron chi connectivity index (χ4n) is 1.54. The van der Waals surface area contributed by atoms with Gasteiger partial charge in [0, 0.05) is 12.6 Å². The van der Waals surface area contributed by atoms with Gasteiger partial charge in [-0.05, 0) is 17.1 Å². The molecule has 0 saturated carbocycles. The molecule has 1 rings (SSSR count). The second-order valence-electron chi connectivity index (χ2n) is 4.38. The van der Waals surface area contributed by atoms with Gasteiger partial charge < -0.3 is 10.4 Å². The molecule has 1 aromatic rings. The molecule has 2 nitrogen and oxygen atoms in total. The van der Waals surface area contributed by atoms with E-state index in [9.17, 15) is 5.11 Å². The van der Waals surface area contributed by atoms with Gasteiger partial charge in [0.2, 0.25) is 0 Å². The van der Waals surface area contributed by atoms with Gasteiger partial charge in [-0.15, -0.1) is 0 Å². The van der Waals surface area contributed by atoms with E-state index in [2.05, 4.69) is 25.7 Å². The van der Waals surface area contributed by atoms with E-state index in [0.29, 0.717) is 12.5 Å². The van der Waals surface area contributed by atoms with Crippen LogP contribution in [0.1, 0.15) is 19.4 Å². The Bertz CT molecular complexity index is 319. The summed E-state index contributed by atoms with van der Waals surface area (Å²) in [7, 11) is 0. The summed E-state index contributed by atoms with van der Waals surface area (Å²) in [6.45, 7) is 9.12. The van der Waals surface area contributed by atoms with E-state index in [-0.39, 0.29) is 12.6 Å². The van der Waals surface area contributed by atoms with Crippen LogP contribution in [0.2, 0.25) is 0 Å². The fraction of sp³-hybridized carbons (Fsp3) is 0.429. The number of hydrogen-bond donors (Lipinski definition) is 2. The second kappa shape index (κ2) is 6.46. The molecule has 0 aliphatic heterocycles. The van der Waals surface area contributed by atoms with Crippen LogP contribution in [0, 0.1) is 5.92 Å². The highest BCUT2D eigenvalue weighted by molar-refractivity contribution is 5.64. The zero-order valence-corrected chi connectivity index (χ0v) is 10.1. The molecule has 0 amide bonds. The largest absolute Gasteiger partial charge is 0.395 e. The molecule has 1 atom stereocenters. The van der Waals surface area contributed by atoms with Crippen molar-refractivity contribution in [3.63, 3.8) is 0 Å². The molecular formula is C14H21NO. The van der Waals surface area contributed by atoms with Gasteiger partial charge in [0.05, 0.1) is 6.61 Å². The predicted octanol–water partition coefficient (Wildman–Crippen LogP) is 2.31. The van der Waals surface area contributed by atoms with Gasteiger partial charge in [0.1, 0.15) is 0 Å². The molecule has 0 aromatic heterocycles. The Hall–Kier alpha value is -1.12. The molecule has 0 fully saturated rings. The monoisotopic (exact) mass is 219 g/mol. The van der Waals surface area contributed by atoms with E-state index in [1.54, 1.807) is 0 Å². The smallest absolute Gasteiger partial charge is 0.0587 e. The van der Waals surface area contributed by atoms with E-state index in [4.69, 9.17) is 0 Å². The van der Waals surface area contributed by atoms with Crippen molar-refractivity contribution in [3.05, 3.63) is 42.5 Å². The molecule has 0 saturated heterocycles. The second-order valence-corrected chi connectivity index (χ2v) is 4.38. The van der Waals surface area contributed by atoms with Crippen molar-refractivity contribution in [2.24, 2.45) is 5.92 Å². The van der Waals surface area contributed by atoms with Crippen LogP contribution >= 0.6 is 0 Å². The Morgan fingerprint density at radius 1 is 1.31 bits per heavy atom. The van der Waals surface area contributed by atoms with Crippen LogP contribution in [0.5, 0.6) is 0 Å². The lowest BCUT2D eigenvalue weighted by molar-refractivity contribution is 0.215. The van der Waals surface area contributed by atoms with Crippen molar-refractivity contribution in [1.29, 1.82) is 0 Å². The normalized spacial score (nSPS) is 12.8. The van der Waals surface area contributed by atoms with Gasteiger partial charge in [0.25, 0.3) is 0 Å². The molecule has 0 bridgehead atoms. The van der Waals surface area contributed by atoms with E-state index in [0.717, 1.165) is 11.1 Å². The molecule has 1 unspecified atom stereocenters. The maximum absolute atomic E-state index is 9.19. The molecule has 0 aliphatic rings. The lowest BCUT2D eigenvalue weighted by Crippen LogP contribution is -2.37. The Kier molecular flexibility index (Phi) is 5.23. The lowest BCUT2D eigenvalue weighted by atomic mass is 10.0. The van der Waals surface area contributed by atoms with Gasteiger partial charge in [-0.3, -0.25) is 0 Å². The van der Waals surface area contributed by atoms with Crippen LogP contribution in [-0.4, -0.2) is 24.3 Å². The van der Waals surface area contributed by atoms with E-state index >= 15 is 0 Å². The Morgan fingerprint density at radius 2 is 1.94 bits per heavy atom. The molecule has 0 heterocycles. The van der Waals surface area contributed by atoms with Gasteiger partial charge in [-0.1, -0.05) is 50.8 Å². The number of nitrogens with one attached hydrogen (secondary N) is 1. The molecule has 2 N–H and O–H groups in total. The minimum absolute atomic E-state index is 0.139. The molecule has 2 heteroatoms. The molecule has 1 aromatic carbocycles. The molecule has 0 radical (unpaired) electrons. The molecule has 0 spiro atoms. The zero-order valence-electron chi connectivity index (χ0n) is 10.1. The lowest BCUT2D eigenvalue weighted by Gasteiger charge is -2.20. The average Bonchev–Trinajstić information content (AvgIpc) is 2.30. The Balaban J connectivity index is 2.47. The fourth-order valence-corrected chi connectivity index (χ4v) is 1.54. The van der Waals surface area contributed by atoms with Gasteiger partial charge in [-0.2, -0.15) is 0 Å². The van der Waals surface area contributed by atoms with Crippen molar-refractivity contribution >= 4 is 5.57 Å². The first-order chi connectivity index (χ1) is 7.65. The van der Waals surface area contributed by atoms with Crippen molar-refractivity contribution in [2.45, 2.75) is 19.9 Å². The first kappa shape index (κ1) is 12.9. The number of aliphatic hydroxyl groups is 1. The van der Waals surface area contributed by atoms with E-state index in [1.807, 2.05) is 30.3 Å². The van der Waals surface area contributed by atoms with Gasteiger partial charge in [0.15, 0.2) is 0 Å². The van der Waals surface area contributed by atoms with Crippen LogP contribution < -0.4 is 5.32 Å². The van der Waals surface area contributed by atoms with Crippen LogP contribution in [0.15, 0.2) is 36.9 Å². The number of benzene rings is 1. The summed E-state index contributed by atoms with van der Waals surface area (Å²) >= 11 is 0. The predicted molar refractivity (Wildman–Crippen MR) is 69.2 cm³/mol. The molecule has 0 aliphatic carbocycles. The van der Waals surface area contributed by atoms with Gasteiger partial charge in [-0.25, -0.2) is 0 Å². The zero-order chi connectivity index (χ0) is 12.0. The van der Waals surface area contributed by atoms with Crippen LogP contribution in [0.3, 0.4) is 0 Å². The third kappa shape index (κ3) is 3.80. The summed E-state index contributed by atoms with van der Waals surface area (Å²) in [6.07, 6.45) is 0. The highest BCUT2D eigenvalue weighted by atomic mass is 16.3.